The Balaban J connectivity index is 3.21. The van der Waals surface area contributed by atoms with E-state index in [2.05, 4.69) is 0 Å². The molecule has 0 saturated carbocycles. The standard InChI is InChI=1S/C8H8FIO/c1-5-3-7(10)6(9)4-8(5)11-2/h3-4H,1-2H3. The van der Waals surface area contributed by atoms with E-state index in [0.29, 0.717) is 9.32 Å². The second-order valence-corrected chi connectivity index (χ2v) is 3.40. The quantitative estimate of drug-likeness (QED) is 0.710. The number of methoxy groups -OCH3 is 1. The summed E-state index contributed by atoms with van der Waals surface area (Å²) in [7, 11) is 1.54. The highest BCUT2D eigenvalue weighted by molar-refractivity contribution is 14.1. The maximum absolute atomic E-state index is 12.9. The van der Waals surface area contributed by atoms with Crippen molar-refractivity contribution in [1.29, 1.82) is 0 Å². The van der Waals surface area contributed by atoms with Crippen molar-refractivity contribution in [3.05, 3.63) is 27.1 Å². The third-order valence-corrected chi connectivity index (χ3v) is 2.26. The third-order valence-electron chi connectivity index (χ3n) is 1.44. The summed E-state index contributed by atoms with van der Waals surface area (Å²) >= 11 is 1.95. The Morgan fingerprint density at radius 3 is 2.64 bits per heavy atom. The van der Waals surface area contributed by atoms with Gasteiger partial charge in [-0.05, 0) is 41.1 Å². The highest BCUT2D eigenvalue weighted by Gasteiger charge is 2.03. The molecule has 0 aliphatic rings. The molecule has 1 nitrogen and oxygen atoms in total. The van der Waals surface area contributed by atoms with Crippen molar-refractivity contribution >= 4 is 22.6 Å². The Bertz CT molecular complexity index is 273. The predicted octanol–water partition coefficient (Wildman–Crippen LogP) is 2.75. The molecule has 0 aliphatic heterocycles. The van der Waals surface area contributed by atoms with Crippen LogP contribution in [-0.4, -0.2) is 7.11 Å². The molecule has 0 N–H and O–H groups in total. The second-order valence-electron chi connectivity index (χ2n) is 2.24. The lowest BCUT2D eigenvalue weighted by Crippen LogP contribution is -1.90. The number of rotatable bonds is 1. The SMILES string of the molecule is COc1cc(F)c(I)cc1C. The van der Waals surface area contributed by atoms with Crippen LogP contribution in [0, 0.1) is 16.3 Å². The summed E-state index contributed by atoms with van der Waals surface area (Å²) in [5.74, 6) is 0.371. The molecule has 60 valence electrons. The molecule has 0 fully saturated rings. The van der Waals surface area contributed by atoms with Crippen LogP contribution < -0.4 is 4.74 Å². The zero-order valence-corrected chi connectivity index (χ0v) is 8.48. The molecule has 1 aromatic rings. The lowest BCUT2D eigenvalue weighted by molar-refractivity contribution is 0.408. The molecule has 1 aromatic carbocycles. The molecule has 0 unspecified atom stereocenters. The van der Waals surface area contributed by atoms with Crippen LogP contribution in [-0.2, 0) is 0 Å². The van der Waals surface area contributed by atoms with Gasteiger partial charge in [0, 0.05) is 9.64 Å². The van der Waals surface area contributed by atoms with Crippen molar-refractivity contribution in [2.45, 2.75) is 6.92 Å². The number of aryl methyl sites for hydroxylation is 1. The second kappa shape index (κ2) is 3.38. The number of halogens is 2. The van der Waals surface area contributed by atoms with Crippen LogP contribution >= 0.6 is 22.6 Å². The van der Waals surface area contributed by atoms with E-state index in [1.54, 1.807) is 6.07 Å². The van der Waals surface area contributed by atoms with Crippen LogP contribution in [0.3, 0.4) is 0 Å². The van der Waals surface area contributed by atoms with E-state index in [0.717, 1.165) is 5.56 Å². The van der Waals surface area contributed by atoms with Gasteiger partial charge in [0.05, 0.1) is 7.11 Å². The topological polar surface area (TPSA) is 9.23 Å². The van der Waals surface area contributed by atoms with Crippen molar-refractivity contribution in [1.82, 2.24) is 0 Å². The van der Waals surface area contributed by atoms with Crippen LogP contribution in [0.15, 0.2) is 12.1 Å². The zero-order valence-electron chi connectivity index (χ0n) is 6.32. The molecule has 0 radical (unpaired) electrons. The first kappa shape index (κ1) is 8.77. The largest absolute Gasteiger partial charge is 0.496 e. The normalized spacial score (nSPS) is 9.82. The average Bonchev–Trinajstić information content (AvgIpc) is 1.97. The van der Waals surface area contributed by atoms with Gasteiger partial charge in [0.15, 0.2) is 0 Å². The molecule has 0 atom stereocenters. The zero-order chi connectivity index (χ0) is 8.43. The van der Waals surface area contributed by atoms with E-state index in [1.807, 2.05) is 29.5 Å². The molecule has 1 rings (SSSR count). The van der Waals surface area contributed by atoms with Gasteiger partial charge in [-0.3, -0.25) is 0 Å². The first-order valence-corrected chi connectivity index (χ1v) is 4.22. The van der Waals surface area contributed by atoms with Crippen molar-refractivity contribution in [2.24, 2.45) is 0 Å². The van der Waals surface area contributed by atoms with Gasteiger partial charge < -0.3 is 4.74 Å². The molecule has 0 aliphatic carbocycles. The minimum Gasteiger partial charge on any atom is -0.496 e. The van der Waals surface area contributed by atoms with Crippen molar-refractivity contribution in [2.75, 3.05) is 7.11 Å². The number of ether oxygens (including phenoxy) is 1. The van der Waals surface area contributed by atoms with Gasteiger partial charge in [0.1, 0.15) is 11.6 Å². The molecule has 0 spiro atoms. The summed E-state index contributed by atoms with van der Waals surface area (Å²) in [6, 6.07) is 3.16. The van der Waals surface area contributed by atoms with Gasteiger partial charge in [0.25, 0.3) is 0 Å². The van der Waals surface area contributed by atoms with E-state index in [1.165, 1.54) is 13.2 Å². The van der Waals surface area contributed by atoms with Gasteiger partial charge in [-0.25, -0.2) is 4.39 Å². The molecular weight excluding hydrogens is 258 g/mol. The number of hydrogen-bond acceptors (Lipinski definition) is 1. The first-order valence-electron chi connectivity index (χ1n) is 3.15. The van der Waals surface area contributed by atoms with Gasteiger partial charge in [0.2, 0.25) is 0 Å². The van der Waals surface area contributed by atoms with E-state index in [4.69, 9.17) is 4.74 Å². The van der Waals surface area contributed by atoms with E-state index >= 15 is 0 Å². The minimum atomic E-state index is -0.229. The Morgan fingerprint density at radius 1 is 1.45 bits per heavy atom. The van der Waals surface area contributed by atoms with Crippen LogP contribution in [0.2, 0.25) is 0 Å². The Labute approximate surface area is 78.7 Å². The summed E-state index contributed by atoms with van der Waals surface area (Å²) < 4.78 is 18.4. The average molecular weight is 266 g/mol. The lowest BCUT2D eigenvalue weighted by atomic mass is 10.2. The van der Waals surface area contributed by atoms with Gasteiger partial charge in [-0.15, -0.1) is 0 Å². The maximum Gasteiger partial charge on any atom is 0.140 e. The predicted molar refractivity (Wildman–Crippen MR) is 50.4 cm³/mol. The summed E-state index contributed by atoms with van der Waals surface area (Å²) in [6.45, 7) is 1.89. The fraction of sp³-hybridized carbons (Fsp3) is 0.250. The van der Waals surface area contributed by atoms with Crippen molar-refractivity contribution in [3.8, 4) is 5.75 Å². The molecule has 3 heteroatoms. The van der Waals surface area contributed by atoms with E-state index < -0.39 is 0 Å². The smallest absolute Gasteiger partial charge is 0.140 e. The van der Waals surface area contributed by atoms with Crippen LogP contribution in [0.1, 0.15) is 5.56 Å². The van der Waals surface area contributed by atoms with Gasteiger partial charge in [-0.1, -0.05) is 0 Å². The molecule has 0 bridgehead atoms. The lowest BCUT2D eigenvalue weighted by Gasteiger charge is -2.04. The monoisotopic (exact) mass is 266 g/mol. The fourth-order valence-electron chi connectivity index (χ4n) is 0.848. The van der Waals surface area contributed by atoms with Crippen molar-refractivity contribution in [3.63, 3.8) is 0 Å². The first-order chi connectivity index (χ1) is 5.15. The Hall–Kier alpha value is -0.320. The highest BCUT2D eigenvalue weighted by atomic mass is 127. The summed E-state index contributed by atoms with van der Waals surface area (Å²) in [4.78, 5) is 0. The number of hydrogen-bond donors (Lipinski definition) is 0. The van der Waals surface area contributed by atoms with Crippen LogP contribution in [0.4, 0.5) is 4.39 Å². The van der Waals surface area contributed by atoms with Crippen LogP contribution in [0.25, 0.3) is 0 Å². The van der Waals surface area contributed by atoms with Crippen molar-refractivity contribution < 1.29 is 9.13 Å². The highest BCUT2D eigenvalue weighted by Crippen LogP contribution is 2.22. The molecule has 0 amide bonds. The van der Waals surface area contributed by atoms with E-state index in [9.17, 15) is 4.39 Å². The summed E-state index contributed by atoms with van der Waals surface area (Å²) in [6.07, 6.45) is 0. The van der Waals surface area contributed by atoms with Gasteiger partial charge in [-0.2, -0.15) is 0 Å². The third kappa shape index (κ3) is 1.83. The molecule has 0 heterocycles. The summed E-state index contributed by atoms with van der Waals surface area (Å²) in [5.41, 5.74) is 0.957. The van der Waals surface area contributed by atoms with E-state index in [-0.39, 0.29) is 5.82 Å². The number of benzene rings is 1. The Kier molecular flexibility index (Phi) is 2.70. The Morgan fingerprint density at radius 2 is 2.09 bits per heavy atom. The van der Waals surface area contributed by atoms with Crippen LogP contribution in [0.5, 0.6) is 5.75 Å². The summed E-state index contributed by atoms with van der Waals surface area (Å²) in [5, 5.41) is 0. The molecule has 0 saturated heterocycles. The molecule has 11 heavy (non-hydrogen) atoms. The molecular formula is C8H8FIO. The maximum atomic E-state index is 12.9. The molecule has 0 aromatic heterocycles. The minimum absolute atomic E-state index is 0.229. The van der Waals surface area contributed by atoms with Gasteiger partial charge >= 0.3 is 0 Å². The fourth-order valence-corrected chi connectivity index (χ4v) is 1.47.